The largest absolute Gasteiger partial charge is 0.494 e. The number of aliphatic hydroxyl groups excluding tert-OH is 1. The highest BCUT2D eigenvalue weighted by atomic mass is 35.5. The number of halogens is 2. The molecule has 218 valence electrons. The molecule has 1 amide bonds. The van der Waals surface area contributed by atoms with E-state index in [9.17, 15) is 4.79 Å². The molecule has 0 saturated carbocycles. The number of hydrazine groups is 1. The van der Waals surface area contributed by atoms with Crippen molar-refractivity contribution in [2.75, 3.05) is 40.4 Å². The Morgan fingerprint density at radius 3 is 2.51 bits per heavy atom. The number of benzene rings is 3. The van der Waals surface area contributed by atoms with Gasteiger partial charge in [0.15, 0.2) is 11.6 Å². The van der Waals surface area contributed by atoms with Crippen LogP contribution in [0.25, 0.3) is 0 Å². The van der Waals surface area contributed by atoms with Crippen molar-refractivity contribution in [1.29, 1.82) is 0 Å². The lowest BCUT2D eigenvalue weighted by Gasteiger charge is -2.31. The molecule has 1 aliphatic rings. The van der Waals surface area contributed by atoms with Gasteiger partial charge in [0.1, 0.15) is 5.75 Å². The van der Waals surface area contributed by atoms with Gasteiger partial charge in [-0.05, 0) is 69.0 Å². The quantitative estimate of drug-likeness (QED) is 0.182. The van der Waals surface area contributed by atoms with E-state index in [2.05, 4.69) is 15.8 Å². The number of nitrogens with one attached hydrogen (secondary N) is 2. The van der Waals surface area contributed by atoms with Gasteiger partial charge in [0.2, 0.25) is 5.90 Å². The summed E-state index contributed by atoms with van der Waals surface area (Å²) in [5.74, 6) is 0.649. The normalized spacial score (nSPS) is 18.2. The highest BCUT2D eigenvalue weighted by molar-refractivity contribution is 6.35. The molecule has 0 fully saturated rings. The molecule has 3 aromatic rings. The number of carbonyl (C=O) groups excluding carboxylic acids is 1. The van der Waals surface area contributed by atoms with Crippen molar-refractivity contribution in [3.8, 4) is 5.75 Å². The predicted molar refractivity (Wildman–Crippen MR) is 163 cm³/mol. The average molecular weight is 600 g/mol. The average Bonchev–Trinajstić information content (AvgIpc) is 3.33. The van der Waals surface area contributed by atoms with Crippen LogP contribution in [0.5, 0.6) is 5.75 Å². The van der Waals surface area contributed by atoms with Gasteiger partial charge < -0.3 is 19.5 Å². The zero-order valence-corrected chi connectivity index (χ0v) is 24.8. The zero-order chi connectivity index (χ0) is 29.2. The third-order valence-electron chi connectivity index (χ3n) is 6.70. The van der Waals surface area contributed by atoms with Crippen LogP contribution >= 0.6 is 23.2 Å². The van der Waals surface area contributed by atoms with Gasteiger partial charge in [0.25, 0.3) is 5.91 Å². The monoisotopic (exact) mass is 598 g/mol. The Balaban J connectivity index is 1.72. The van der Waals surface area contributed by atoms with E-state index in [-0.39, 0.29) is 18.9 Å². The van der Waals surface area contributed by atoms with Crippen LogP contribution in [-0.4, -0.2) is 67.7 Å². The first-order valence-corrected chi connectivity index (χ1v) is 14.4. The van der Waals surface area contributed by atoms with Crippen molar-refractivity contribution >= 4 is 35.0 Å². The fraction of sp³-hybridized carbons (Fsp3) is 0.355. The maximum absolute atomic E-state index is 14.1. The maximum Gasteiger partial charge on any atom is 0.266 e. The van der Waals surface area contributed by atoms with Crippen molar-refractivity contribution in [3.63, 3.8) is 0 Å². The number of hydrogen-bond acceptors (Lipinski definition) is 7. The molecular weight excluding hydrogens is 563 g/mol. The van der Waals surface area contributed by atoms with Gasteiger partial charge in [0.05, 0.1) is 6.61 Å². The lowest BCUT2D eigenvalue weighted by Crippen LogP contribution is -2.54. The zero-order valence-electron chi connectivity index (χ0n) is 23.3. The summed E-state index contributed by atoms with van der Waals surface area (Å²) in [5.41, 5.74) is 6.81. The van der Waals surface area contributed by atoms with Crippen molar-refractivity contribution in [3.05, 3.63) is 99.5 Å². The highest BCUT2D eigenvalue weighted by Gasteiger charge is 2.54. The Kier molecular flexibility index (Phi) is 11.0. The van der Waals surface area contributed by atoms with Crippen molar-refractivity contribution in [1.82, 2.24) is 15.8 Å². The number of nitrogens with zero attached hydrogens (tertiary/aromatic N) is 2. The second-order valence-electron chi connectivity index (χ2n) is 10.2. The first-order valence-electron chi connectivity index (χ1n) is 13.6. The Hall–Kier alpha value is -3.14. The van der Waals surface area contributed by atoms with Crippen molar-refractivity contribution in [2.24, 2.45) is 4.99 Å². The van der Waals surface area contributed by atoms with Crippen LogP contribution < -0.4 is 15.6 Å². The molecule has 1 aliphatic heterocycles. The lowest BCUT2D eigenvalue weighted by atomic mass is 9.82. The fourth-order valence-electron chi connectivity index (χ4n) is 4.62. The summed E-state index contributed by atoms with van der Waals surface area (Å²) in [7, 11) is 4.02. The number of hydrogen-bond donors (Lipinski definition) is 3. The number of amides is 1. The molecule has 0 bridgehead atoms. The second-order valence-corrected chi connectivity index (χ2v) is 11.0. The molecular formula is C31H36Cl2N4O4. The Bertz CT molecular complexity index is 1320. The van der Waals surface area contributed by atoms with E-state index in [1.54, 1.807) is 18.2 Å². The van der Waals surface area contributed by atoms with Crippen LogP contribution in [0.2, 0.25) is 10.0 Å². The summed E-state index contributed by atoms with van der Waals surface area (Å²) in [6.07, 6.45) is 0.838. The third kappa shape index (κ3) is 7.99. The van der Waals surface area contributed by atoms with E-state index in [1.165, 1.54) is 0 Å². The minimum absolute atomic E-state index is 0.0629. The summed E-state index contributed by atoms with van der Waals surface area (Å²) in [6, 6.07) is 22.2. The Morgan fingerprint density at radius 2 is 1.83 bits per heavy atom. The number of carbonyl (C=O) groups is 1. The minimum Gasteiger partial charge on any atom is -0.494 e. The van der Waals surface area contributed by atoms with Gasteiger partial charge in [-0.1, -0.05) is 59.6 Å². The summed E-state index contributed by atoms with van der Waals surface area (Å²) in [6.45, 7) is 1.94. The fourth-order valence-corrected chi connectivity index (χ4v) is 5.12. The highest BCUT2D eigenvalue weighted by Crippen LogP contribution is 2.45. The molecule has 3 aromatic carbocycles. The van der Waals surface area contributed by atoms with Crippen LogP contribution in [-0.2, 0) is 16.0 Å². The summed E-state index contributed by atoms with van der Waals surface area (Å²) in [5, 5.41) is 9.89. The first kappa shape index (κ1) is 30.8. The van der Waals surface area contributed by atoms with Gasteiger partial charge in [-0.3, -0.25) is 10.2 Å². The molecule has 0 spiro atoms. The topological polar surface area (TPSA) is 95.4 Å². The second kappa shape index (κ2) is 14.7. The predicted octanol–water partition coefficient (Wildman–Crippen LogP) is 4.83. The molecule has 0 aliphatic carbocycles. The third-order valence-corrected chi connectivity index (χ3v) is 7.26. The van der Waals surface area contributed by atoms with Crippen LogP contribution in [0.15, 0.2) is 77.8 Å². The molecule has 41 heavy (non-hydrogen) atoms. The molecule has 0 unspecified atom stereocenters. The maximum atomic E-state index is 14.1. The molecule has 8 nitrogen and oxygen atoms in total. The Morgan fingerprint density at radius 1 is 1.07 bits per heavy atom. The number of aliphatic hydroxyl groups is 1. The van der Waals surface area contributed by atoms with E-state index < -0.39 is 11.6 Å². The van der Waals surface area contributed by atoms with Gasteiger partial charge in [0, 0.05) is 47.2 Å². The van der Waals surface area contributed by atoms with Gasteiger partial charge >= 0.3 is 0 Å². The molecule has 2 atom stereocenters. The van der Waals surface area contributed by atoms with Crippen LogP contribution in [0.1, 0.15) is 35.6 Å². The van der Waals surface area contributed by atoms with E-state index >= 15 is 0 Å². The van der Waals surface area contributed by atoms with E-state index in [4.69, 9.17) is 42.8 Å². The molecule has 10 heteroatoms. The van der Waals surface area contributed by atoms with Crippen molar-refractivity contribution < 1.29 is 19.4 Å². The lowest BCUT2D eigenvalue weighted by molar-refractivity contribution is -0.130. The summed E-state index contributed by atoms with van der Waals surface area (Å²) >= 11 is 12.9. The number of ether oxygens (including phenoxy) is 2. The summed E-state index contributed by atoms with van der Waals surface area (Å²) in [4.78, 5) is 21.2. The molecule has 4 rings (SSSR count). The molecule has 1 heterocycles. The SMILES string of the molecule is CN(C)CCCNNC(=O)[C@@]1(Cc2ccccc2)N=C(c2ccc(OCCCO)cc2)O[C@H]1c1ccc(Cl)cc1Cl. The molecule has 0 radical (unpaired) electrons. The van der Waals surface area contributed by atoms with E-state index in [0.29, 0.717) is 52.4 Å². The number of rotatable bonds is 14. The van der Waals surface area contributed by atoms with Gasteiger partial charge in [-0.15, -0.1) is 0 Å². The van der Waals surface area contributed by atoms with E-state index in [1.807, 2.05) is 68.7 Å². The van der Waals surface area contributed by atoms with Crippen LogP contribution in [0, 0.1) is 0 Å². The summed E-state index contributed by atoms with van der Waals surface area (Å²) < 4.78 is 12.2. The molecule has 0 saturated heterocycles. The smallest absolute Gasteiger partial charge is 0.266 e. The minimum atomic E-state index is -1.38. The number of aliphatic imine (C=N–C) groups is 1. The van der Waals surface area contributed by atoms with Gasteiger partial charge in [-0.2, -0.15) is 0 Å². The van der Waals surface area contributed by atoms with Crippen LogP contribution in [0.4, 0.5) is 0 Å². The van der Waals surface area contributed by atoms with Gasteiger partial charge in [-0.25, -0.2) is 10.4 Å². The molecule has 0 aromatic heterocycles. The Labute approximate surface area is 251 Å². The molecule has 3 N–H and O–H groups in total. The first-order chi connectivity index (χ1) is 19.8. The standard InChI is InChI=1S/C31H36Cl2N4O4/c1-37(2)17-6-16-34-36-30(39)31(21-22-8-4-3-5-9-22)28(26-15-12-24(32)20-27(26)33)41-29(35-31)23-10-13-25(14-11-23)40-19-7-18-38/h3-5,8-15,20,28,34,38H,6-7,16-19,21H2,1-2H3,(H,36,39)/t28-,31-/m0/s1. The van der Waals surface area contributed by atoms with Crippen LogP contribution in [0.3, 0.4) is 0 Å². The van der Waals surface area contributed by atoms with Crippen molar-refractivity contribution in [2.45, 2.75) is 30.9 Å². The van der Waals surface area contributed by atoms with E-state index in [0.717, 1.165) is 18.5 Å².